The van der Waals surface area contributed by atoms with Crippen molar-refractivity contribution in [2.24, 2.45) is 10.7 Å². The summed E-state index contributed by atoms with van der Waals surface area (Å²) in [6.45, 7) is 4.22. The number of benzene rings is 1. The highest BCUT2D eigenvalue weighted by Crippen LogP contribution is 2.25. The maximum absolute atomic E-state index is 14.0. The van der Waals surface area contributed by atoms with Crippen LogP contribution in [0, 0.1) is 5.82 Å². The SMILES string of the molecule is CCOC(=O)C(N)=C1CCNC(=O)C1=Nc1ccc(OCC)c(F)c1. The smallest absolute Gasteiger partial charge is 0.354 e. The Kier molecular flexibility index (Phi) is 6.10. The number of piperidine rings is 1. The zero-order valence-corrected chi connectivity index (χ0v) is 14.1. The first kappa shape index (κ1) is 18.4. The van der Waals surface area contributed by atoms with Crippen molar-refractivity contribution in [3.05, 3.63) is 35.3 Å². The number of amides is 1. The zero-order chi connectivity index (χ0) is 18.4. The molecule has 7 nitrogen and oxygen atoms in total. The molecule has 134 valence electrons. The van der Waals surface area contributed by atoms with Crippen LogP contribution in [0.15, 0.2) is 34.5 Å². The summed E-state index contributed by atoms with van der Waals surface area (Å²) < 4.78 is 24.0. The van der Waals surface area contributed by atoms with Gasteiger partial charge in [-0.25, -0.2) is 14.2 Å². The number of carbonyl (C=O) groups excluding carboxylic acids is 2. The summed E-state index contributed by atoms with van der Waals surface area (Å²) in [5.41, 5.74) is 6.13. The summed E-state index contributed by atoms with van der Waals surface area (Å²) >= 11 is 0. The Balaban J connectivity index is 2.43. The fourth-order valence-corrected chi connectivity index (χ4v) is 2.31. The Hall–Kier alpha value is -2.90. The number of carbonyl (C=O) groups is 2. The molecule has 0 saturated carbocycles. The second kappa shape index (κ2) is 8.27. The summed E-state index contributed by atoms with van der Waals surface area (Å²) in [5, 5.41) is 2.62. The van der Waals surface area contributed by atoms with Gasteiger partial charge in [0.2, 0.25) is 0 Å². The average molecular weight is 349 g/mol. The van der Waals surface area contributed by atoms with E-state index in [-0.39, 0.29) is 35.0 Å². The minimum atomic E-state index is -0.710. The lowest BCUT2D eigenvalue weighted by Gasteiger charge is -2.19. The predicted molar refractivity (Wildman–Crippen MR) is 90.1 cm³/mol. The molecule has 0 radical (unpaired) electrons. The molecule has 2 rings (SSSR count). The van der Waals surface area contributed by atoms with Crippen LogP contribution in [0.3, 0.4) is 0 Å². The van der Waals surface area contributed by atoms with Gasteiger partial charge in [-0.05, 0) is 32.4 Å². The van der Waals surface area contributed by atoms with Crippen molar-refractivity contribution in [3.63, 3.8) is 0 Å². The molecular weight excluding hydrogens is 329 g/mol. The molecule has 0 aromatic heterocycles. The van der Waals surface area contributed by atoms with E-state index in [1.165, 1.54) is 12.1 Å². The molecular formula is C17H20FN3O4. The van der Waals surface area contributed by atoms with Crippen molar-refractivity contribution in [1.82, 2.24) is 5.32 Å². The Morgan fingerprint density at radius 2 is 2.12 bits per heavy atom. The average Bonchev–Trinajstić information content (AvgIpc) is 2.59. The van der Waals surface area contributed by atoms with Gasteiger partial charge < -0.3 is 20.5 Å². The minimum absolute atomic E-state index is 0.0274. The molecule has 1 aromatic carbocycles. The lowest BCUT2D eigenvalue weighted by Crippen LogP contribution is -2.40. The third kappa shape index (κ3) is 4.34. The molecule has 1 aromatic rings. The first-order valence-corrected chi connectivity index (χ1v) is 7.93. The van der Waals surface area contributed by atoms with Crippen LogP contribution in [0.5, 0.6) is 5.75 Å². The van der Waals surface area contributed by atoms with Crippen LogP contribution < -0.4 is 15.8 Å². The Bertz CT molecular complexity index is 743. The summed E-state index contributed by atoms with van der Waals surface area (Å²) in [6.07, 6.45) is 0.328. The van der Waals surface area contributed by atoms with E-state index < -0.39 is 17.7 Å². The molecule has 1 aliphatic heterocycles. The van der Waals surface area contributed by atoms with E-state index in [1.807, 2.05) is 0 Å². The highest BCUT2D eigenvalue weighted by Gasteiger charge is 2.27. The maximum Gasteiger partial charge on any atom is 0.354 e. The van der Waals surface area contributed by atoms with E-state index in [0.717, 1.165) is 6.07 Å². The number of hydrogen-bond donors (Lipinski definition) is 2. The van der Waals surface area contributed by atoms with Crippen LogP contribution in [-0.4, -0.2) is 37.3 Å². The van der Waals surface area contributed by atoms with Crippen LogP contribution in [0.25, 0.3) is 0 Å². The number of ether oxygens (including phenoxy) is 2. The third-order valence-corrected chi connectivity index (χ3v) is 3.44. The number of rotatable bonds is 5. The van der Waals surface area contributed by atoms with E-state index >= 15 is 0 Å². The molecule has 0 unspecified atom stereocenters. The first-order valence-electron chi connectivity index (χ1n) is 7.93. The first-order chi connectivity index (χ1) is 12.0. The van der Waals surface area contributed by atoms with Gasteiger partial charge in [0.25, 0.3) is 5.91 Å². The van der Waals surface area contributed by atoms with Crippen molar-refractivity contribution in [2.75, 3.05) is 19.8 Å². The van der Waals surface area contributed by atoms with Gasteiger partial charge in [0.15, 0.2) is 11.6 Å². The van der Waals surface area contributed by atoms with E-state index in [1.54, 1.807) is 13.8 Å². The van der Waals surface area contributed by atoms with Gasteiger partial charge in [-0.1, -0.05) is 0 Å². The highest BCUT2D eigenvalue weighted by molar-refractivity contribution is 6.47. The summed E-state index contributed by atoms with van der Waals surface area (Å²) in [4.78, 5) is 28.2. The van der Waals surface area contributed by atoms with Crippen LogP contribution in [0.2, 0.25) is 0 Å². The number of nitrogens with two attached hydrogens (primary N) is 1. The van der Waals surface area contributed by atoms with Crippen LogP contribution in [0.4, 0.5) is 10.1 Å². The van der Waals surface area contributed by atoms with E-state index in [9.17, 15) is 14.0 Å². The highest BCUT2D eigenvalue weighted by atomic mass is 19.1. The lowest BCUT2D eigenvalue weighted by atomic mass is 10.00. The minimum Gasteiger partial charge on any atom is -0.491 e. The number of halogens is 1. The molecule has 1 fully saturated rings. The molecule has 1 saturated heterocycles. The summed E-state index contributed by atoms with van der Waals surface area (Å²) in [6, 6.07) is 4.09. The summed E-state index contributed by atoms with van der Waals surface area (Å²) in [7, 11) is 0. The lowest BCUT2D eigenvalue weighted by molar-refractivity contribution is -0.138. The van der Waals surface area contributed by atoms with Crippen LogP contribution >= 0.6 is 0 Å². The molecule has 0 atom stereocenters. The zero-order valence-electron chi connectivity index (χ0n) is 14.1. The van der Waals surface area contributed by atoms with E-state index in [0.29, 0.717) is 19.6 Å². The number of nitrogens with zero attached hydrogens (tertiary/aromatic N) is 1. The molecule has 1 heterocycles. The van der Waals surface area contributed by atoms with Gasteiger partial charge >= 0.3 is 5.97 Å². The molecule has 0 bridgehead atoms. The normalized spacial score (nSPS) is 17.9. The fraction of sp³-hybridized carbons (Fsp3) is 0.353. The van der Waals surface area contributed by atoms with Gasteiger partial charge in [-0.3, -0.25) is 4.79 Å². The molecule has 0 aliphatic carbocycles. The maximum atomic E-state index is 14.0. The quantitative estimate of drug-likeness (QED) is 0.621. The van der Waals surface area contributed by atoms with Crippen molar-refractivity contribution < 1.29 is 23.5 Å². The second-order valence-electron chi connectivity index (χ2n) is 5.13. The molecule has 8 heteroatoms. The number of esters is 1. The molecule has 3 N–H and O–H groups in total. The Morgan fingerprint density at radius 1 is 1.36 bits per heavy atom. The third-order valence-electron chi connectivity index (χ3n) is 3.44. The van der Waals surface area contributed by atoms with Crippen molar-refractivity contribution >= 4 is 23.3 Å². The van der Waals surface area contributed by atoms with Gasteiger partial charge in [0, 0.05) is 18.2 Å². The Labute approximate surface area is 144 Å². The topological polar surface area (TPSA) is 103 Å². The standard InChI is InChI=1S/C17H20FN3O4/c1-3-24-13-6-5-10(9-12(13)18)21-15-11(7-8-20-16(15)22)14(19)17(23)25-4-2/h5-6,9H,3-4,7-8,19H2,1-2H3,(H,20,22). The molecule has 25 heavy (non-hydrogen) atoms. The fourth-order valence-electron chi connectivity index (χ4n) is 2.31. The monoisotopic (exact) mass is 349 g/mol. The van der Waals surface area contributed by atoms with Crippen molar-refractivity contribution in [3.8, 4) is 5.75 Å². The predicted octanol–water partition coefficient (Wildman–Crippen LogP) is 1.59. The van der Waals surface area contributed by atoms with Crippen LogP contribution in [-0.2, 0) is 14.3 Å². The van der Waals surface area contributed by atoms with Gasteiger partial charge in [-0.2, -0.15) is 0 Å². The number of aliphatic imine (C=N–C) groups is 1. The Morgan fingerprint density at radius 3 is 2.76 bits per heavy atom. The molecule has 0 spiro atoms. The second-order valence-corrected chi connectivity index (χ2v) is 5.13. The number of hydrogen-bond acceptors (Lipinski definition) is 6. The van der Waals surface area contributed by atoms with Crippen LogP contribution in [0.1, 0.15) is 20.3 Å². The molecule has 1 aliphatic rings. The van der Waals surface area contributed by atoms with E-state index in [2.05, 4.69) is 10.3 Å². The molecule has 1 amide bonds. The van der Waals surface area contributed by atoms with Gasteiger partial charge in [-0.15, -0.1) is 0 Å². The van der Waals surface area contributed by atoms with Crippen molar-refractivity contribution in [2.45, 2.75) is 20.3 Å². The largest absolute Gasteiger partial charge is 0.491 e. The number of nitrogens with one attached hydrogen (secondary N) is 1. The van der Waals surface area contributed by atoms with E-state index in [4.69, 9.17) is 15.2 Å². The van der Waals surface area contributed by atoms with Gasteiger partial charge in [0.05, 0.1) is 18.9 Å². The summed E-state index contributed by atoms with van der Waals surface area (Å²) in [5.74, 6) is -1.69. The van der Waals surface area contributed by atoms with Crippen molar-refractivity contribution in [1.29, 1.82) is 0 Å². The van der Waals surface area contributed by atoms with Gasteiger partial charge in [0.1, 0.15) is 11.4 Å².